The van der Waals surface area contributed by atoms with Gasteiger partial charge in [0, 0.05) is 25.0 Å². The summed E-state index contributed by atoms with van der Waals surface area (Å²) in [5, 5.41) is 13.3. The van der Waals surface area contributed by atoms with Crippen LogP contribution in [0.3, 0.4) is 0 Å². The van der Waals surface area contributed by atoms with Gasteiger partial charge in [-0.05, 0) is 49.4 Å². The van der Waals surface area contributed by atoms with E-state index in [1.54, 1.807) is 6.07 Å². The third-order valence-electron chi connectivity index (χ3n) is 4.09. The van der Waals surface area contributed by atoms with Gasteiger partial charge in [-0.2, -0.15) is 0 Å². The van der Waals surface area contributed by atoms with Gasteiger partial charge in [0.25, 0.3) is 0 Å². The summed E-state index contributed by atoms with van der Waals surface area (Å²) in [5.41, 5.74) is 2.59. The highest BCUT2D eigenvalue weighted by atomic mass is 16.3. The molecule has 0 saturated heterocycles. The molecule has 1 atom stereocenters. The SMILES string of the molecule is CCn1ccnc1CNC1CCCc2ccc(O)cc21. The number of hydrogen-bond acceptors (Lipinski definition) is 3. The second-order valence-electron chi connectivity index (χ2n) is 5.34. The first kappa shape index (κ1) is 13.2. The molecule has 0 saturated carbocycles. The molecule has 2 N–H and O–H groups in total. The summed E-state index contributed by atoms with van der Waals surface area (Å²) in [6.45, 7) is 3.83. The Kier molecular flexibility index (Phi) is 3.74. The zero-order valence-electron chi connectivity index (χ0n) is 11.8. The number of phenolic OH excluding ortho intramolecular Hbond substituents is 1. The lowest BCUT2D eigenvalue weighted by Gasteiger charge is -2.26. The molecule has 1 unspecified atom stereocenters. The van der Waals surface area contributed by atoms with Gasteiger partial charge in [-0.25, -0.2) is 4.98 Å². The number of hydrogen-bond donors (Lipinski definition) is 2. The van der Waals surface area contributed by atoms with Crippen molar-refractivity contribution in [3.63, 3.8) is 0 Å². The average Bonchev–Trinajstić information content (AvgIpc) is 2.92. The summed E-state index contributed by atoms with van der Waals surface area (Å²) in [6, 6.07) is 6.04. The molecule has 1 aromatic heterocycles. The van der Waals surface area contributed by atoms with Crippen LogP contribution in [0.5, 0.6) is 5.75 Å². The Balaban J connectivity index is 1.75. The Morgan fingerprint density at radius 1 is 1.45 bits per heavy atom. The van der Waals surface area contributed by atoms with Crippen molar-refractivity contribution in [2.75, 3.05) is 0 Å². The number of fused-ring (bicyclic) bond motifs is 1. The third-order valence-corrected chi connectivity index (χ3v) is 4.09. The lowest BCUT2D eigenvalue weighted by atomic mass is 9.87. The summed E-state index contributed by atoms with van der Waals surface area (Å²) in [5.74, 6) is 1.42. The zero-order valence-corrected chi connectivity index (χ0v) is 11.8. The van der Waals surface area contributed by atoms with E-state index in [1.165, 1.54) is 17.5 Å². The first-order valence-electron chi connectivity index (χ1n) is 7.33. The summed E-state index contributed by atoms with van der Waals surface area (Å²) < 4.78 is 2.15. The first-order chi connectivity index (χ1) is 9.78. The van der Waals surface area contributed by atoms with Crippen LogP contribution in [-0.2, 0) is 19.5 Å². The van der Waals surface area contributed by atoms with Crippen LogP contribution in [0.25, 0.3) is 0 Å². The van der Waals surface area contributed by atoms with Crippen molar-refractivity contribution in [2.24, 2.45) is 0 Å². The Hall–Kier alpha value is -1.81. The predicted octanol–water partition coefficient (Wildman–Crippen LogP) is 2.78. The maximum atomic E-state index is 9.70. The largest absolute Gasteiger partial charge is 0.508 e. The highest BCUT2D eigenvalue weighted by Crippen LogP contribution is 2.32. The molecule has 1 aliphatic carbocycles. The number of aromatic nitrogens is 2. The standard InChI is InChI=1S/C16H21N3O/c1-2-19-9-8-17-16(19)11-18-15-5-3-4-12-6-7-13(20)10-14(12)15/h6-10,15,18,20H,2-5,11H2,1H3. The van der Waals surface area contributed by atoms with Crippen molar-refractivity contribution in [3.05, 3.63) is 47.5 Å². The number of phenols is 1. The van der Waals surface area contributed by atoms with Crippen molar-refractivity contribution in [2.45, 2.75) is 45.3 Å². The molecule has 1 heterocycles. The Morgan fingerprint density at radius 3 is 3.20 bits per heavy atom. The van der Waals surface area contributed by atoms with Crippen molar-refractivity contribution >= 4 is 0 Å². The van der Waals surface area contributed by atoms with Crippen LogP contribution in [-0.4, -0.2) is 14.7 Å². The van der Waals surface area contributed by atoms with Gasteiger partial charge in [0.15, 0.2) is 0 Å². The van der Waals surface area contributed by atoms with Gasteiger partial charge < -0.3 is 15.0 Å². The summed E-state index contributed by atoms with van der Waals surface area (Å²) in [6.07, 6.45) is 7.27. The molecule has 0 radical (unpaired) electrons. The van der Waals surface area contributed by atoms with E-state index in [-0.39, 0.29) is 0 Å². The molecule has 0 bridgehead atoms. The van der Waals surface area contributed by atoms with Crippen molar-refractivity contribution in [1.29, 1.82) is 0 Å². The van der Waals surface area contributed by atoms with Gasteiger partial charge in [-0.1, -0.05) is 6.07 Å². The van der Waals surface area contributed by atoms with E-state index >= 15 is 0 Å². The van der Waals surface area contributed by atoms with Crippen LogP contribution >= 0.6 is 0 Å². The van der Waals surface area contributed by atoms with Crippen LogP contribution in [0.2, 0.25) is 0 Å². The second kappa shape index (κ2) is 5.67. The fraction of sp³-hybridized carbons (Fsp3) is 0.438. The van der Waals surface area contributed by atoms with Crippen LogP contribution in [0.15, 0.2) is 30.6 Å². The van der Waals surface area contributed by atoms with Crippen LogP contribution < -0.4 is 5.32 Å². The fourth-order valence-electron chi connectivity index (χ4n) is 3.01. The highest BCUT2D eigenvalue weighted by molar-refractivity contribution is 5.38. The van der Waals surface area contributed by atoms with Crippen molar-refractivity contribution in [1.82, 2.24) is 14.9 Å². The maximum Gasteiger partial charge on any atom is 0.122 e. The minimum absolute atomic E-state index is 0.313. The minimum atomic E-state index is 0.313. The molecular weight excluding hydrogens is 250 g/mol. The molecule has 2 aromatic rings. The average molecular weight is 271 g/mol. The molecule has 4 heteroatoms. The smallest absolute Gasteiger partial charge is 0.122 e. The van der Waals surface area contributed by atoms with E-state index in [0.29, 0.717) is 11.8 Å². The second-order valence-corrected chi connectivity index (χ2v) is 5.34. The zero-order chi connectivity index (χ0) is 13.9. The molecule has 0 spiro atoms. The van der Waals surface area contributed by atoms with E-state index in [4.69, 9.17) is 0 Å². The molecule has 3 rings (SSSR count). The van der Waals surface area contributed by atoms with E-state index < -0.39 is 0 Å². The predicted molar refractivity (Wildman–Crippen MR) is 78.5 cm³/mol. The molecule has 0 aliphatic heterocycles. The lowest BCUT2D eigenvalue weighted by molar-refractivity contribution is 0.437. The first-order valence-corrected chi connectivity index (χ1v) is 7.33. The van der Waals surface area contributed by atoms with E-state index in [2.05, 4.69) is 21.8 Å². The van der Waals surface area contributed by atoms with Gasteiger partial charge in [-0.3, -0.25) is 0 Å². The maximum absolute atomic E-state index is 9.70. The molecule has 106 valence electrons. The Bertz CT molecular complexity index is 591. The van der Waals surface area contributed by atoms with E-state index in [9.17, 15) is 5.11 Å². The van der Waals surface area contributed by atoms with Gasteiger partial charge in [0.2, 0.25) is 0 Å². The van der Waals surface area contributed by atoms with Crippen LogP contribution in [0.1, 0.15) is 42.8 Å². The number of nitrogens with zero attached hydrogens (tertiary/aromatic N) is 2. The molecule has 0 amide bonds. The highest BCUT2D eigenvalue weighted by Gasteiger charge is 2.20. The number of nitrogens with one attached hydrogen (secondary N) is 1. The number of aromatic hydroxyl groups is 1. The normalized spacial score (nSPS) is 17.9. The minimum Gasteiger partial charge on any atom is -0.508 e. The van der Waals surface area contributed by atoms with Crippen molar-refractivity contribution in [3.8, 4) is 5.75 Å². The Morgan fingerprint density at radius 2 is 2.35 bits per heavy atom. The molecule has 1 aliphatic rings. The van der Waals surface area contributed by atoms with Crippen LogP contribution in [0, 0.1) is 0 Å². The van der Waals surface area contributed by atoms with Gasteiger partial charge in [0.1, 0.15) is 11.6 Å². The number of benzene rings is 1. The van der Waals surface area contributed by atoms with E-state index in [0.717, 1.165) is 31.8 Å². The molecule has 0 fully saturated rings. The van der Waals surface area contributed by atoms with Crippen molar-refractivity contribution < 1.29 is 5.11 Å². The monoisotopic (exact) mass is 271 g/mol. The van der Waals surface area contributed by atoms with Crippen LogP contribution in [0.4, 0.5) is 0 Å². The Labute approximate surface area is 119 Å². The summed E-state index contributed by atoms with van der Waals surface area (Å²) >= 11 is 0. The van der Waals surface area contributed by atoms with Gasteiger partial charge in [-0.15, -0.1) is 0 Å². The molecule has 4 nitrogen and oxygen atoms in total. The molecule has 1 aromatic carbocycles. The number of aryl methyl sites for hydroxylation is 2. The quantitative estimate of drug-likeness (QED) is 0.899. The molecular formula is C16H21N3O. The number of imidazole rings is 1. The van der Waals surface area contributed by atoms with E-state index in [1.807, 2.05) is 24.5 Å². The number of rotatable bonds is 4. The summed E-state index contributed by atoms with van der Waals surface area (Å²) in [4.78, 5) is 4.40. The third kappa shape index (κ3) is 2.56. The summed E-state index contributed by atoms with van der Waals surface area (Å²) in [7, 11) is 0. The molecule has 20 heavy (non-hydrogen) atoms. The fourth-order valence-corrected chi connectivity index (χ4v) is 3.01. The lowest BCUT2D eigenvalue weighted by Crippen LogP contribution is -2.26. The van der Waals surface area contributed by atoms with Gasteiger partial charge in [0.05, 0.1) is 6.54 Å². The topological polar surface area (TPSA) is 50.1 Å². The van der Waals surface area contributed by atoms with Gasteiger partial charge >= 0.3 is 0 Å².